The van der Waals surface area contributed by atoms with Crippen molar-refractivity contribution in [2.45, 2.75) is 6.92 Å². The lowest BCUT2D eigenvalue weighted by Crippen LogP contribution is -2.08. The molecule has 2 aromatic rings. The first-order valence-corrected chi connectivity index (χ1v) is 6.26. The highest BCUT2D eigenvalue weighted by Crippen LogP contribution is 2.33. The Morgan fingerprint density at radius 1 is 1.15 bits per heavy atom. The zero-order chi connectivity index (χ0) is 14.7. The van der Waals surface area contributed by atoms with Gasteiger partial charge in [0, 0.05) is 17.5 Å². The van der Waals surface area contributed by atoms with E-state index in [2.05, 4.69) is 5.32 Å². The summed E-state index contributed by atoms with van der Waals surface area (Å²) in [6, 6.07) is 11.3. The number of hydrogen-bond acceptors (Lipinski definition) is 3. The van der Waals surface area contributed by atoms with Crippen molar-refractivity contribution in [3.8, 4) is 5.75 Å². The minimum absolute atomic E-state index is 0.0486. The zero-order valence-electron chi connectivity index (χ0n) is 10.7. The molecule has 0 bridgehead atoms. The summed E-state index contributed by atoms with van der Waals surface area (Å²) in [6.07, 6.45) is 0. The Labute approximate surface area is 121 Å². The highest BCUT2D eigenvalue weighted by molar-refractivity contribution is 6.32. The lowest BCUT2D eigenvalue weighted by molar-refractivity contribution is -0.114. The van der Waals surface area contributed by atoms with E-state index < -0.39 is 0 Å². The second-order valence-electron chi connectivity index (χ2n) is 4.23. The molecule has 4 nitrogen and oxygen atoms in total. The van der Waals surface area contributed by atoms with Gasteiger partial charge in [0.15, 0.2) is 5.78 Å². The summed E-state index contributed by atoms with van der Waals surface area (Å²) in [5, 5.41) is 12.8. The summed E-state index contributed by atoms with van der Waals surface area (Å²) in [5.74, 6) is -1.02. The van der Waals surface area contributed by atoms with Crippen LogP contribution in [0.1, 0.15) is 22.8 Å². The molecule has 2 N–H and O–H groups in total. The van der Waals surface area contributed by atoms with Crippen molar-refractivity contribution in [1.82, 2.24) is 0 Å². The molecule has 0 heterocycles. The third kappa shape index (κ3) is 2.97. The van der Waals surface area contributed by atoms with Gasteiger partial charge in [-0.1, -0.05) is 41.9 Å². The van der Waals surface area contributed by atoms with Crippen molar-refractivity contribution in [1.29, 1.82) is 0 Å². The molecule has 0 atom stereocenters. The number of nitrogens with one attached hydrogen (secondary N) is 1. The van der Waals surface area contributed by atoms with Gasteiger partial charge in [-0.3, -0.25) is 9.59 Å². The first-order chi connectivity index (χ1) is 9.49. The number of phenolic OH excluding ortho intramolecular Hbond substituents is 1. The van der Waals surface area contributed by atoms with Gasteiger partial charge in [0.25, 0.3) is 0 Å². The predicted molar refractivity (Wildman–Crippen MR) is 77.3 cm³/mol. The van der Waals surface area contributed by atoms with Crippen LogP contribution >= 0.6 is 11.6 Å². The van der Waals surface area contributed by atoms with Gasteiger partial charge in [0.2, 0.25) is 5.91 Å². The van der Waals surface area contributed by atoms with Crippen LogP contribution in [0.4, 0.5) is 5.69 Å². The number of hydrogen-bond donors (Lipinski definition) is 2. The maximum atomic E-state index is 12.3. The van der Waals surface area contributed by atoms with E-state index in [0.29, 0.717) is 5.56 Å². The molecule has 0 aromatic heterocycles. The fourth-order valence-corrected chi connectivity index (χ4v) is 2.02. The lowest BCUT2D eigenvalue weighted by atomic mass is 10.0. The molecule has 2 aromatic carbocycles. The fraction of sp³-hybridized carbons (Fsp3) is 0.0667. The van der Waals surface area contributed by atoms with Crippen LogP contribution in [0, 0.1) is 0 Å². The quantitative estimate of drug-likeness (QED) is 0.673. The molecule has 0 fully saturated rings. The van der Waals surface area contributed by atoms with E-state index in [-0.39, 0.29) is 33.7 Å². The van der Waals surface area contributed by atoms with Crippen LogP contribution < -0.4 is 5.32 Å². The van der Waals surface area contributed by atoms with Crippen LogP contribution in [0.5, 0.6) is 5.75 Å². The number of carbonyl (C=O) groups excluding carboxylic acids is 2. The van der Waals surface area contributed by atoms with Crippen molar-refractivity contribution in [2.24, 2.45) is 0 Å². The molecule has 5 heteroatoms. The smallest absolute Gasteiger partial charge is 0.221 e. The van der Waals surface area contributed by atoms with E-state index in [0.717, 1.165) is 0 Å². The molecule has 0 saturated heterocycles. The largest absolute Gasteiger partial charge is 0.505 e. The number of rotatable bonds is 3. The molecule has 20 heavy (non-hydrogen) atoms. The average Bonchev–Trinajstić information content (AvgIpc) is 2.42. The number of aromatic hydroxyl groups is 1. The number of anilines is 1. The first-order valence-electron chi connectivity index (χ1n) is 5.89. The van der Waals surface area contributed by atoms with Gasteiger partial charge in [-0.25, -0.2) is 0 Å². The standard InChI is InChI=1S/C15H12ClNO3/c1-9(18)17-13-8-11(16)7-12(15(13)20)14(19)10-5-3-2-4-6-10/h2-8,20H,1H3,(H,17,18). The second kappa shape index (κ2) is 5.75. The second-order valence-corrected chi connectivity index (χ2v) is 4.66. The predicted octanol–water partition coefficient (Wildman–Crippen LogP) is 3.24. The fourth-order valence-electron chi connectivity index (χ4n) is 1.80. The minimum Gasteiger partial charge on any atom is -0.505 e. The molecule has 0 aliphatic rings. The summed E-state index contributed by atoms with van der Waals surface area (Å²) >= 11 is 5.92. The summed E-state index contributed by atoms with van der Waals surface area (Å²) in [7, 11) is 0. The molecule has 0 spiro atoms. The molecule has 0 radical (unpaired) electrons. The van der Waals surface area contributed by atoms with E-state index in [9.17, 15) is 14.7 Å². The van der Waals surface area contributed by atoms with Crippen molar-refractivity contribution in [3.63, 3.8) is 0 Å². The molecule has 102 valence electrons. The molecule has 0 saturated carbocycles. The number of phenols is 1. The molecular weight excluding hydrogens is 278 g/mol. The van der Waals surface area contributed by atoms with E-state index in [1.807, 2.05) is 0 Å². The molecule has 0 aliphatic carbocycles. The van der Waals surface area contributed by atoms with Crippen LogP contribution in [-0.2, 0) is 4.79 Å². The Hall–Kier alpha value is -2.33. The zero-order valence-corrected chi connectivity index (χ0v) is 11.4. The molecule has 0 unspecified atom stereocenters. The maximum absolute atomic E-state index is 12.3. The van der Waals surface area contributed by atoms with Gasteiger partial charge < -0.3 is 10.4 Å². The summed E-state index contributed by atoms with van der Waals surface area (Å²) in [5.41, 5.74) is 0.593. The average molecular weight is 290 g/mol. The van der Waals surface area contributed by atoms with Crippen molar-refractivity contribution >= 4 is 29.0 Å². The molecular formula is C15H12ClNO3. The first kappa shape index (κ1) is 14.1. The number of ketones is 1. The van der Waals surface area contributed by atoms with Gasteiger partial charge in [0.05, 0.1) is 11.3 Å². The summed E-state index contributed by atoms with van der Waals surface area (Å²) in [4.78, 5) is 23.4. The maximum Gasteiger partial charge on any atom is 0.221 e. The highest BCUT2D eigenvalue weighted by atomic mass is 35.5. The molecule has 1 amide bonds. The van der Waals surface area contributed by atoms with E-state index in [1.165, 1.54) is 19.1 Å². The number of halogens is 1. The van der Waals surface area contributed by atoms with Crippen LogP contribution in [0.3, 0.4) is 0 Å². The molecule has 2 rings (SSSR count). The summed E-state index contributed by atoms with van der Waals surface area (Å²) < 4.78 is 0. The van der Waals surface area contributed by atoms with Crippen molar-refractivity contribution < 1.29 is 14.7 Å². The Morgan fingerprint density at radius 2 is 1.80 bits per heavy atom. The van der Waals surface area contributed by atoms with Crippen LogP contribution in [0.15, 0.2) is 42.5 Å². The lowest BCUT2D eigenvalue weighted by Gasteiger charge is -2.10. The van der Waals surface area contributed by atoms with Crippen molar-refractivity contribution in [3.05, 3.63) is 58.6 Å². The van der Waals surface area contributed by atoms with E-state index in [4.69, 9.17) is 11.6 Å². The number of carbonyl (C=O) groups is 2. The highest BCUT2D eigenvalue weighted by Gasteiger charge is 2.18. The Bertz CT molecular complexity index is 668. The van der Waals surface area contributed by atoms with Gasteiger partial charge in [-0.15, -0.1) is 0 Å². The minimum atomic E-state index is -0.364. The normalized spacial score (nSPS) is 10.1. The van der Waals surface area contributed by atoms with Crippen LogP contribution in [-0.4, -0.2) is 16.8 Å². The van der Waals surface area contributed by atoms with Crippen LogP contribution in [0.2, 0.25) is 5.02 Å². The summed E-state index contributed by atoms with van der Waals surface area (Å²) in [6.45, 7) is 1.30. The van der Waals surface area contributed by atoms with Gasteiger partial charge in [0.1, 0.15) is 5.75 Å². The Morgan fingerprint density at radius 3 is 2.40 bits per heavy atom. The Balaban J connectivity index is 2.49. The van der Waals surface area contributed by atoms with Gasteiger partial charge in [-0.05, 0) is 12.1 Å². The Kier molecular flexibility index (Phi) is 4.05. The third-order valence-corrected chi connectivity index (χ3v) is 2.88. The van der Waals surface area contributed by atoms with Gasteiger partial charge in [-0.2, -0.15) is 0 Å². The molecule has 0 aliphatic heterocycles. The van der Waals surface area contributed by atoms with Crippen molar-refractivity contribution in [2.75, 3.05) is 5.32 Å². The van der Waals surface area contributed by atoms with Gasteiger partial charge >= 0.3 is 0 Å². The SMILES string of the molecule is CC(=O)Nc1cc(Cl)cc(C(=O)c2ccccc2)c1O. The monoisotopic (exact) mass is 289 g/mol. The van der Waals surface area contributed by atoms with E-state index >= 15 is 0 Å². The number of amides is 1. The van der Waals surface area contributed by atoms with Crippen LogP contribution in [0.25, 0.3) is 0 Å². The van der Waals surface area contributed by atoms with E-state index in [1.54, 1.807) is 30.3 Å². The third-order valence-electron chi connectivity index (χ3n) is 2.67. The number of benzene rings is 2. The topological polar surface area (TPSA) is 66.4 Å².